The minimum absolute atomic E-state index is 0.260. The van der Waals surface area contributed by atoms with Crippen molar-refractivity contribution in [1.29, 1.82) is 0 Å². The minimum atomic E-state index is -0.496. The van der Waals surface area contributed by atoms with E-state index in [9.17, 15) is 4.79 Å². The first-order valence-electron chi connectivity index (χ1n) is 13.0. The topological polar surface area (TPSA) is 88.4 Å². The van der Waals surface area contributed by atoms with E-state index in [0.29, 0.717) is 38.2 Å². The Kier molecular flexibility index (Phi) is 6.49. The molecular weight excluding hydrogens is 454 g/mol. The second-order valence-electron chi connectivity index (χ2n) is 10.9. The normalized spacial score (nSPS) is 17.1. The van der Waals surface area contributed by atoms with Gasteiger partial charge in [0.15, 0.2) is 5.82 Å². The van der Waals surface area contributed by atoms with Crippen LogP contribution in [0.3, 0.4) is 0 Å². The van der Waals surface area contributed by atoms with Gasteiger partial charge in [0.2, 0.25) is 5.95 Å². The van der Waals surface area contributed by atoms with Gasteiger partial charge in [-0.05, 0) is 65.2 Å². The fraction of sp³-hybridized carbons (Fsp3) is 0.556. The number of fused-ring (bicyclic) bond motifs is 1. The van der Waals surface area contributed by atoms with Gasteiger partial charge in [0.25, 0.3) is 0 Å². The number of amides is 1. The average molecular weight is 492 g/mol. The highest BCUT2D eigenvalue weighted by Crippen LogP contribution is 2.35. The van der Waals surface area contributed by atoms with Crippen LogP contribution in [0.2, 0.25) is 0 Å². The van der Waals surface area contributed by atoms with E-state index < -0.39 is 5.60 Å². The molecule has 4 heterocycles. The maximum atomic E-state index is 12.5. The van der Waals surface area contributed by atoms with Crippen molar-refractivity contribution < 1.29 is 9.53 Å². The molecule has 5 rings (SSSR count). The summed E-state index contributed by atoms with van der Waals surface area (Å²) in [5.41, 5.74) is 3.68. The molecule has 2 fully saturated rings. The third-order valence-electron chi connectivity index (χ3n) is 7.05. The molecule has 3 aromatic heterocycles. The summed E-state index contributed by atoms with van der Waals surface area (Å²) >= 11 is 0. The Balaban J connectivity index is 1.36. The highest BCUT2D eigenvalue weighted by molar-refractivity contribution is 5.84. The highest BCUT2D eigenvalue weighted by atomic mass is 16.6. The number of nitrogens with zero attached hydrogens (tertiary/aromatic N) is 6. The molecule has 3 aromatic rings. The monoisotopic (exact) mass is 491 g/mol. The lowest BCUT2D eigenvalue weighted by Gasteiger charge is -2.37. The van der Waals surface area contributed by atoms with E-state index in [4.69, 9.17) is 14.7 Å². The molecule has 1 aliphatic heterocycles. The molecule has 36 heavy (non-hydrogen) atoms. The molecule has 1 saturated heterocycles. The summed E-state index contributed by atoms with van der Waals surface area (Å²) in [4.78, 5) is 30.9. The van der Waals surface area contributed by atoms with Gasteiger partial charge in [-0.15, -0.1) is 0 Å². The van der Waals surface area contributed by atoms with E-state index in [2.05, 4.69) is 45.9 Å². The second kappa shape index (κ2) is 9.59. The lowest BCUT2D eigenvalue weighted by atomic mass is 10.2. The first-order chi connectivity index (χ1) is 17.2. The molecule has 1 amide bonds. The third kappa shape index (κ3) is 4.96. The number of carbonyl (C=O) groups excluding carboxylic acids is 1. The summed E-state index contributed by atoms with van der Waals surface area (Å²) in [6.45, 7) is 12.5. The molecule has 192 valence electrons. The van der Waals surface area contributed by atoms with E-state index in [1.807, 2.05) is 26.8 Å². The van der Waals surface area contributed by atoms with Gasteiger partial charge in [-0.25, -0.2) is 14.8 Å². The number of nitrogens with one attached hydrogen (secondary N) is 1. The van der Waals surface area contributed by atoms with Crippen LogP contribution in [0.1, 0.15) is 63.8 Å². The van der Waals surface area contributed by atoms with Gasteiger partial charge in [0.1, 0.15) is 11.2 Å². The number of aromatic nitrogens is 4. The van der Waals surface area contributed by atoms with Crippen LogP contribution in [0, 0.1) is 13.8 Å². The van der Waals surface area contributed by atoms with Crippen LogP contribution in [0.25, 0.3) is 11.0 Å². The zero-order valence-corrected chi connectivity index (χ0v) is 22.0. The van der Waals surface area contributed by atoms with Gasteiger partial charge in [0.05, 0.1) is 11.4 Å². The van der Waals surface area contributed by atoms with Crippen LogP contribution in [0.15, 0.2) is 24.5 Å². The van der Waals surface area contributed by atoms with E-state index in [1.54, 1.807) is 11.1 Å². The van der Waals surface area contributed by atoms with Crippen molar-refractivity contribution in [3.8, 4) is 0 Å². The van der Waals surface area contributed by atoms with Gasteiger partial charge < -0.3 is 24.4 Å². The Bertz CT molecular complexity index is 1250. The molecule has 9 heteroatoms. The number of hydrogen-bond acceptors (Lipinski definition) is 7. The Morgan fingerprint density at radius 3 is 2.50 bits per heavy atom. The number of rotatable bonds is 4. The Labute approximate surface area is 212 Å². The predicted octanol–water partition coefficient (Wildman–Crippen LogP) is 5.36. The number of aryl methyl sites for hydroxylation is 2. The lowest BCUT2D eigenvalue weighted by molar-refractivity contribution is 0.0240. The summed E-state index contributed by atoms with van der Waals surface area (Å²) in [5.74, 6) is 1.28. The number of ether oxygens (including phenoxy) is 1. The number of anilines is 3. The van der Waals surface area contributed by atoms with Crippen molar-refractivity contribution in [2.45, 2.75) is 71.9 Å². The van der Waals surface area contributed by atoms with Crippen molar-refractivity contribution in [3.05, 3.63) is 35.8 Å². The molecule has 1 N–H and O–H groups in total. The number of pyridine rings is 1. The summed E-state index contributed by atoms with van der Waals surface area (Å²) in [6.07, 6.45) is 8.71. The standard InChI is InChI=1S/C27H37N7O2/c1-18-17-34(20-9-6-7-10-20)24-22(18)19(2)29-25(31-24)30-23-21(11-8-12-28-23)32-13-15-33(16-14-32)26(35)36-27(3,4)5/h8,11-12,17,20H,6-7,9-10,13-16H2,1-5H3,(H,28,29,30,31). The van der Waals surface area contributed by atoms with Crippen molar-refractivity contribution >= 4 is 34.6 Å². The van der Waals surface area contributed by atoms with Crippen LogP contribution in [0.5, 0.6) is 0 Å². The molecular formula is C27H37N7O2. The summed E-state index contributed by atoms with van der Waals surface area (Å²) in [7, 11) is 0. The number of piperazine rings is 1. The Morgan fingerprint density at radius 1 is 1.08 bits per heavy atom. The van der Waals surface area contributed by atoms with Crippen LogP contribution in [0.4, 0.5) is 22.2 Å². The molecule has 0 bridgehead atoms. The van der Waals surface area contributed by atoms with Gasteiger partial charge in [-0.3, -0.25) is 0 Å². The Morgan fingerprint density at radius 2 is 1.81 bits per heavy atom. The molecule has 9 nitrogen and oxygen atoms in total. The fourth-order valence-electron chi connectivity index (χ4n) is 5.37. The van der Waals surface area contributed by atoms with Crippen molar-refractivity contribution in [1.82, 2.24) is 24.4 Å². The molecule has 0 aromatic carbocycles. The average Bonchev–Trinajstić information content (AvgIpc) is 3.47. The van der Waals surface area contributed by atoms with Gasteiger partial charge >= 0.3 is 6.09 Å². The summed E-state index contributed by atoms with van der Waals surface area (Å²) in [5, 5.41) is 4.55. The van der Waals surface area contributed by atoms with Crippen molar-refractivity contribution in [3.63, 3.8) is 0 Å². The van der Waals surface area contributed by atoms with Crippen LogP contribution >= 0.6 is 0 Å². The third-order valence-corrected chi connectivity index (χ3v) is 7.05. The zero-order valence-electron chi connectivity index (χ0n) is 22.0. The predicted molar refractivity (Wildman–Crippen MR) is 142 cm³/mol. The van der Waals surface area contributed by atoms with Crippen LogP contribution in [-0.2, 0) is 4.74 Å². The molecule has 1 saturated carbocycles. The van der Waals surface area contributed by atoms with Crippen LogP contribution < -0.4 is 10.2 Å². The van der Waals surface area contributed by atoms with Crippen LogP contribution in [-0.4, -0.2) is 62.3 Å². The summed E-state index contributed by atoms with van der Waals surface area (Å²) < 4.78 is 7.89. The van der Waals surface area contributed by atoms with Crippen molar-refractivity contribution in [2.75, 3.05) is 36.4 Å². The molecule has 0 atom stereocenters. The first-order valence-corrected chi connectivity index (χ1v) is 13.0. The molecule has 1 aliphatic carbocycles. The molecule has 0 unspecified atom stereocenters. The smallest absolute Gasteiger partial charge is 0.410 e. The Hall–Kier alpha value is -3.36. The van der Waals surface area contributed by atoms with E-state index in [1.165, 1.54) is 31.2 Å². The molecule has 2 aliphatic rings. The molecule has 0 spiro atoms. The van der Waals surface area contributed by atoms with E-state index in [-0.39, 0.29) is 6.09 Å². The molecule has 0 radical (unpaired) electrons. The first kappa shape index (κ1) is 24.3. The van der Waals surface area contributed by atoms with Gasteiger partial charge in [-0.1, -0.05) is 12.8 Å². The van der Waals surface area contributed by atoms with Crippen molar-refractivity contribution in [2.24, 2.45) is 0 Å². The quantitative estimate of drug-likeness (QED) is 0.526. The van der Waals surface area contributed by atoms with Gasteiger partial charge in [0, 0.05) is 50.0 Å². The zero-order chi connectivity index (χ0) is 25.4. The fourth-order valence-corrected chi connectivity index (χ4v) is 5.37. The number of carbonyl (C=O) groups is 1. The number of hydrogen-bond donors (Lipinski definition) is 1. The van der Waals surface area contributed by atoms with E-state index >= 15 is 0 Å². The maximum Gasteiger partial charge on any atom is 0.410 e. The highest BCUT2D eigenvalue weighted by Gasteiger charge is 2.27. The van der Waals surface area contributed by atoms with Gasteiger partial charge in [-0.2, -0.15) is 4.98 Å². The maximum absolute atomic E-state index is 12.5. The largest absolute Gasteiger partial charge is 0.444 e. The second-order valence-corrected chi connectivity index (χ2v) is 10.9. The SMILES string of the molecule is Cc1cn(C2CCCC2)c2nc(Nc3ncccc3N3CCN(C(=O)OC(C)(C)C)CC3)nc(C)c12. The van der Waals surface area contributed by atoms with E-state index in [0.717, 1.165) is 28.2 Å². The lowest BCUT2D eigenvalue weighted by Crippen LogP contribution is -2.50. The minimum Gasteiger partial charge on any atom is -0.444 e. The summed E-state index contributed by atoms with van der Waals surface area (Å²) in [6, 6.07) is 4.50.